The molecule has 4 heterocycles. The molecule has 0 spiro atoms. The molecular formula is C50H43Cl2FN2O6. The molecule has 0 unspecified atom stereocenters. The van der Waals surface area contributed by atoms with Gasteiger partial charge in [-0.05, 0) is 56.7 Å². The number of carbonyl (C=O) groups is 2. The van der Waals surface area contributed by atoms with E-state index in [1.165, 1.54) is 6.07 Å². The zero-order valence-corrected chi connectivity index (χ0v) is 34.8. The first-order valence-electron chi connectivity index (χ1n) is 20.7. The van der Waals surface area contributed by atoms with Crippen LogP contribution in [-0.4, -0.2) is 47.8 Å². The summed E-state index contributed by atoms with van der Waals surface area (Å²) in [6.45, 7) is 2.76. The Morgan fingerprint density at radius 2 is 0.869 bits per heavy atom. The lowest BCUT2D eigenvalue weighted by Gasteiger charge is -2.28. The van der Waals surface area contributed by atoms with Gasteiger partial charge >= 0.3 is 11.6 Å². The highest BCUT2D eigenvalue weighted by Crippen LogP contribution is 2.55. The molecule has 61 heavy (non-hydrogen) atoms. The number of amides is 2. The van der Waals surface area contributed by atoms with E-state index in [1.54, 1.807) is 17.0 Å². The molecule has 6 aromatic rings. The average molecular weight is 858 g/mol. The maximum absolute atomic E-state index is 15.5. The first-order valence-corrected chi connectivity index (χ1v) is 21.5. The smallest absolute Gasteiger partial charge is 0.305 e. The van der Waals surface area contributed by atoms with E-state index in [9.17, 15) is 9.59 Å². The van der Waals surface area contributed by atoms with Crippen molar-refractivity contribution >= 4 is 35.0 Å². The second-order valence-corrected chi connectivity index (χ2v) is 16.2. The number of halogens is 3. The molecule has 0 atom stereocenters. The minimum Gasteiger partial charge on any atom is -0.440 e. The van der Waals surface area contributed by atoms with Crippen molar-refractivity contribution in [1.29, 1.82) is 0 Å². The van der Waals surface area contributed by atoms with Gasteiger partial charge in [-0.25, -0.2) is 4.39 Å². The molecule has 4 aliphatic rings. The number of benzene rings is 6. The normalized spacial score (nSPS) is 17.0. The van der Waals surface area contributed by atoms with Crippen molar-refractivity contribution in [3.8, 4) is 23.0 Å². The van der Waals surface area contributed by atoms with Crippen molar-refractivity contribution in [2.24, 2.45) is 0 Å². The van der Waals surface area contributed by atoms with Crippen LogP contribution in [0.5, 0.6) is 23.0 Å². The van der Waals surface area contributed by atoms with Crippen LogP contribution in [0, 0.1) is 5.82 Å². The van der Waals surface area contributed by atoms with E-state index >= 15 is 4.39 Å². The number of likely N-dealkylation sites (tertiary alicyclic amines) is 2. The second-order valence-electron chi connectivity index (χ2n) is 15.4. The Bertz CT molecular complexity index is 2450. The Labute approximate surface area is 364 Å². The summed E-state index contributed by atoms with van der Waals surface area (Å²) in [6.07, 6.45) is 6.12. The molecule has 0 saturated carbocycles. The van der Waals surface area contributed by atoms with E-state index in [1.807, 2.05) is 126 Å². The molecule has 8 nitrogen and oxygen atoms in total. The number of rotatable bonds is 6. The summed E-state index contributed by atoms with van der Waals surface area (Å²) in [7, 11) is 0. The lowest BCUT2D eigenvalue weighted by atomic mass is 9.97. The summed E-state index contributed by atoms with van der Waals surface area (Å²) in [5, 5.41) is 0.525. The quantitative estimate of drug-likeness (QED) is 0.166. The number of ether oxygens (including phenoxy) is 4. The minimum absolute atomic E-state index is 0.0226. The summed E-state index contributed by atoms with van der Waals surface area (Å²) in [5.74, 6) is -2.75. The monoisotopic (exact) mass is 856 g/mol. The lowest BCUT2D eigenvalue weighted by molar-refractivity contribution is -0.0473. The minimum atomic E-state index is -1.31. The summed E-state index contributed by atoms with van der Waals surface area (Å²) in [6, 6.07) is 42.9. The van der Waals surface area contributed by atoms with Gasteiger partial charge in [0.1, 0.15) is 0 Å². The molecule has 6 aromatic carbocycles. The largest absolute Gasteiger partial charge is 0.440 e. The second kappa shape index (κ2) is 17.1. The fourth-order valence-electron chi connectivity index (χ4n) is 8.40. The summed E-state index contributed by atoms with van der Waals surface area (Å²) in [4.78, 5) is 29.6. The van der Waals surface area contributed by atoms with E-state index in [4.69, 9.17) is 42.1 Å². The van der Waals surface area contributed by atoms with Crippen LogP contribution in [0.2, 0.25) is 10.0 Å². The molecule has 2 saturated heterocycles. The van der Waals surface area contributed by atoms with Crippen LogP contribution in [0.1, 0.15) is 81.5 Å². The predicted octanol–water partition coefficient (Wildman–Crippen LogP) is 11.4. The van der Waals surface area contributed by atoms with Gasteiger partial charge in [0, 0.05) is 48.4 Å². The van der Waals surface area contributed by atoms with Gasteiger partial charge in [-0.2, -0.15) is 0 Å². The van der Waals surface area contributed by atoms with Crippen molar-refractivity contribution in [3.63, 3.8) is 0 Å². The Balaban J connectivity index is 0.000000156. The van der Waals surface area contributed by atoms with Crippen LogP contribution in [0.4, 0.5) is 4.39 Å². The number of hydrogen-bond donors (Lipinski definition) is 0. The third-order valence-electron chi connectivity index (χ3n) is 11.5. The van der Waals surface area contributed by atoms with Crippen molar-refractivity contribution < 1.29 is 32.9 Å². The molecule has 0 radical (unpaired) electrons. The highest BCUT2D eigenvalue weighted by atomic mass is 35.5. The SMILES string of the molecule is O=C(c1cc(Cl)c2c(c1Cl)OC(c1ccccc1)(c1ccccc1)O2)N1CCCCC1.O=C(c1ccc2c(c1F)OC(c1ccccc1)(c1ccccc1)O2)N1CCCCC1. The summed E-state index contributed by atoms with van der Waals surface area (Å²) < 4.78 is 40.8. The van der Waals surface area contributed by atoms with Crippen LogP contribution in [0.25, 0.3) is 0 Å². The average Bonchev–Trinajstić information content (AvgIpc) is 3.95. The van der Waals surface area contributed by atoms with Crippen LogP contribution in [-0.2, 0) is 11.6 Å². The fraction of sp³-hybridized carbons (Fsp3) is 0.240. The molecule has 0 aromatic heterocycles. The molecular weight excluding hydrogens is 814 g/mol. The predicted molar refractivity (Wildman–Crippen MR) is 232 cm³/mol. The fourth-order valence-corrected chi connectivity index (χ4v) is 8.90. The van der Waals surface area contributed by atoms with Crippen molar-refractivity contribution in [2.45, 2.75) is 50.1 Å². The van der Waals surface area contributed by atoms with Gasteiger partial charge in [-0.1, -0.05) is 145 Å². The molecule has 0 N–H and O–H groups in total. The Morgan fingerprint density at radius 1 is 0.475 bits per heavy atom. The molecule has 4 aliphatic heterocycles. The first-order chi connectivity index (χ1) is 29.8. The van der Waals surface area contributed by atoms with E-state index in [0.29, 0.717) is 35.2 Å². The van der Waals surface area contributed by atoms with Gasteiger partial charge < -0.3 is 28.7 Å². The zero-order valence-electron chi connectivity index (χ0n) is 33.3. The van der Waals surface area contributed by atoms with Crippen LogP contribution in [0.15, 0.2) is 140 Å². The third kappa shape index (κ3) is 7.55. The summed E-state index contributed by atoms with van der Waals surface area (Å²) >= 11 is 13.3. The van der Waals surface area contributed by atoms with Gasteiger partial charge in [0.05, 0.1) is 21.2 Å². The highest BCUT2D eigenvalue weighted by Gasteiger charge is 2.49. The van der Waals surface area contributed by atoms with Gasteiger partial charge in [-0.15, -0.1) is 0 Å². The van der Waals surface area contributed by atoms with Gasteiger partial charge in [0.15, 0.2) is 23.1 Å². The zero-order chi connectivity index (χ0) is 42.0. The number of carbonyl (C=O) groups excluding carboxylic acids is 2. The Hall–Kier alpha value is -6.03. The van der Waals surface area contributed by atoms with Crippen LogP contribution >= 0.6 is 23.2 Å². The first kappa shape index (κ1) is 40.4. The molecule has 2 amide bonds. The number of fused-ring (bicyclic) bond motifs is 2. The molecule has 2 fully saturated rings. The maximum Gasteiger partial charge on any atom is 0.305 e. The van der Waals surface area contributed by atoms with Gasteiger partial charge in [0.2, 0.25) is 5.75 Å². The summed E-state index contributed by atoms with van der Waals surface area (Å²) in [5.41, 5.74) is 3.46. The van der Waals surface area contributed by atoms with Gasteiger partial charge in [0.25, 0.3) is 11.8 Å². The van der Waals surface area contributed by atoms with Crippen molar-refractivity contribution in [3.05, 3.63) is 189 Å². The number of piperidine rings is 2. The third-order valence-corrected chi connectivity index (χ3v) is 12.2. The molecule has 11 heteroatoms. The van der Waals surface area contributed by atoms with Crippen molar-refractivity contribution in [1.82, 2.24) is 9.80 Å². The molecule has 10 rings (SSSR count). The topological polar surface area (TPSA) is 77.5 Å². The van der Waals surface area contributed by atoms with Crippen LogP contribution in [0.3, 0.4) is 0 Å². The Morgan fingerprint density at radius 3 is 1.33 bits per heavy atom. The van der Waals surface area contributed by atoms with Crippen molar-refractivity contribution in [2.75, 3.05) is 26.2 Å². The van der Waals surface area contributed by atoms with E-state index in [-0.39, 0.29) is 33.9 Å². The lowest BCUT2D eigenvalue weighted by Crippen LogP contribution is -2.37. The standard InChI is InChI=1S/C25H21Cl2NO3.C25H22FNO3/c26-20-16-19(24(29)28-14-8-3-9-15-28)21(27)23-22(20)30-25(31-23,17-10-4-1-5-11-17)18-12-6-2-7-13-18;26-22-20(24(28)27-16-8-3-9-17-27)14-15-21-23(22)30-25(29-21,18-10-4-1-5-11-18)19-12-6-2-7-13-19/h1-2,4-7,10-13,16H,3,8-9,14-15H2;1-2,4-7,10-15H,3,8-9,16-17H2. The number of hydrogen-bond acceptors (Lipinski definition) is 6. The molecule has 0 aliphatic carbocycles. The maximum atomic E-state index is 15.5. The molecule has 0 bridgehead atoms. The van der Waals surface area contributed by atoms with Crippen LogP contribution < -0.4 is 18.9 Å². The molecule has 310 valence electrons. The van der Waals surface area contributed by atoms with E-state index < -0.39 is 17.4 Å². The van der Waals surface area contributed by atoms with E-state index in [2.05, 4.69) is 0 Å². The highest BCUT2D eigenvalue weighted by molar-refractivity contribution is 6.38. The Kier molecular flexibility index (Phi) is 11.4. The number of nitrogens with zero attached hydrogens (tertiary/aromatic N) is 2. The van der Waals surface area contributed by atoms with E-state index in [0.717, 1.165) is 73.9 Å². The van der Waals surface area contributed by atoms with Gasteiger partial charge in [-0.3, -0.25) is 9.59 Å².